The Morgan fingerprint density at radius 2 is 1.83 bits per heavy atom. The van der Waals surface area contributed by atoms with Crippen molar-refractivity contribution in [2.24, 2.45) is 7.05 Å². The van der Waals surface area contributed by atoms with Gasteiger partial charge in [-0.1, -0.05) is 30.8 Å². The Labute approximate surface area is 245 Å². The minimum Gasteiger partial charge on any atom is -0.373 e. The van der Waals surface area contributed by atoms with Crippen LogP contribution in [0.5, 0.6) is 0 Å². The minimum absolute atomic E-state index is 0.270. The van der Waals surface area contributed by atoms with E-state index in [1.165, 1.54) is 6.08 Å². The molecule has 0 saturated heterocycles. The molecule has 0 fully saturated rings. The lowest BCUT2D eigenvalue weighted by molar-refractivity contribution is -0.111. The van der Waals surface area contributed by atoms with E-state index in [1.807, 2.05) is 37.4 Å². The molecule has 0 unspecified atom stereocenters. The van der Waals surface area contributed by atoms with Gasteiger partial charge in [0.1, 0.15) is 11.7 Å². The van der Waals surface area contributed by atoms with Crippen molar-refractivity contribution >= 4 is 28.3 Å². The van der Waals surface area contributed by atoms with Gasteiger partial charge in [0.25, 0.3) is 0 Å². The van der Waals surface area contributed by atoms with E-state index in [2.05, 4.69) is 83.3 Å². The van der Waals surface area contributed by atoms with E-state index >= 15 is 0 Å². The predicted molar refractivity (Wildman–Crippen MR) is 169 cm³/mol. The summed E-state index contributed by atoms with van der Waals surface area (Å²) in [5, 5.41) is 17.8. The summed E-state index contributed by atoms with van der Waals surface area (Å²) in [6, 6.07) is 18.7. The molecule has 0 atom stereocenters. The van der Waals surface area contributed by atoms with Crippen LogP contribution in [0.4, 0.5) is 11.4 Å². The molecular weight excluding hydrogens is 524 g/mol. The molecule has 3 aromatic heterocycles. The number of benzene rings is 2. The lowest BCUT2D eigenvalue weighted by Gasteiger charge is -2.21. The minimum atomic E-state index is -0.270. The number of fused-ring (bicyclic) bond motifs is 1. The molecule has 0 aliphatic heterocycles. The van der Waals surface area contributed by atoms with Gasteiger partial charge in [0.05, 0.1) is 5.69 Å². The number of amides is 1. The second-order valence-corrected chi connectivity index (χ2v) is 10.7. The number of nitrogens with one attached hydrogen (secondary N) is 2. The van der Waals surface area contributed by atoms with Crippen LogP contribution >= 0.6 is 0 Å². The molecular formula is C33H34N8O. The largest absolute Gasteiger partial charge is 0.373 e. The number of carbonyl (C=O) groups is 1. The zero-order valence-electron chi connectivity index (χ0n) is 24.6. The number of anilines is 2. The molecule has 5 aromatic rings. The molecule has 0 aliphatic carbocycles. The maximum Gasteiger partial charge on any atom is 0.247 e. The Bertz CT molecular complexity index is 1820. The van der Waals surface area contributed by atoms with Crippen LogP contribution in [0.1, 0.15) is 11.3 Å². The maximum absolute atomic E-state index is 12.2. The number of pyridine rings is 1. The molecule has 0 aliphatic rings. The number of hydrogen-bond donors (Lipinski definition) is 2. The van der Waals surface area contributed by atoms with Gasteiger partial charge in [-0.3, -0.25) is 9.48 Å². The summed E-state index contributed by atoms with van der Waals surface area (Å²) < 4.78 is 1.63. The van der Waals surface area contributed by atoms with Crippen LogP contribution < -0.4 is 10.2 Å². The van der Waals surface area contributed by atoms with Crippen molar-refractivity contribution in [1.82, 2.24) is 24.6 Å². The van der Waals surface area contributed by atoms with E-state index in [4.69, 9.17) is 4.98 Å². The molecule has 0 saturated carbocycles. The zero-order chi connectivity index (χ0) is 30.0. The van der Waals surface area contributed by atoms with Crippen LogP contribution in [0.2, 0.25) is 0 Å². The second kappa shape index (κ2) is 11.7. The first-order valence-electron chi connectivity index (χ1n) is 13.6. The average molecular weight is 559 g/mol. The van der Waals surface area contributed by atoms with Crippen LogP contribution in [0.25, 0.3) is 44.5 Å². The van der Waals surface area contributed by atoms with Gasteiger partial charge in [-0.15, -0.1) is 0 Å². The van der Waals surface area contributed by atoms with E-state index in [0.717, 1.165) is 68.9 Å². The Kier molecular flexibility index (Phi) is 7.91. The van der Waals surface area contributed by atoms with Crippen molar-refractivity contribution < 1.29 is 4.79 Å². The number of nitrogens with zero attached hydrogens (tertiary/aromatic N) is 6. The van der Waals surface area contributed by atoms with Crippen molar-refractivity contribution in [2.75, 3.05) is 44.4 Å². The Balaban J connectivity index is 1.67. The van der Waals surface area contributed by atoms with Gasteiger partial charge < -0.3 is 20.1 Å². The van der Waals surface area contributed by atoms with Crippen LogP contribution in [-0.2, 0) is 11.8 Å². The fourth-order valence-electron chi connectivity index (χ4n) is 4.97. The first-order chi connectivity index (χ1) is 20.2. The summed E-state index contributed by atoms with van der Waals surface area (Å²) >= 11 is 0. The number of nitriles is 1. The lowest BCUT2D eigenvalue weighted by Crippen LogP contribution is -2.28. The second-order valence-electron chi connectivity index (χ2n) is 10.7. The summed E-state index contributed by atoms with van der Waals surface area (Å²) in [7, 11) is 8.03. The van der Waals surface area contributed by atoms with Crippen molar-refractivity contribution in [1.29, 1.82) is 5.26 Å². The highest BCUT2D eigenvalue weighted by Gasteiger charge is 2.20. The van der Waals surface area contributed by atoms with Crippen molar-refractivity contribution in [2.45, 2.75) is 6.92 Å². The molecule has 0 spiro atoms. The number of hydrogen-bond acceptors (Lipinski definition) is 6. The molecule has 2 aromatic carbocycles. The normalized spacial score (nSPS) is 11.1. The van der Waals surface area contributed by atoms with Gasteiger partial charge >= 0.3 is 0 Å². The Morgan fingerprint density at radius 3 is 2.52 bits per heavy atom. The van der Waals surface area contributed by atoms with Gasteiger partial charge in [0.2, 0.25) is 5.91 Å². The number of aromatic nitrogens is 4. The van der Waals surface area contributed by atoms with Gasteiger partial charge in [-0.2, -0.15) is 10.4 Å². The summed E-state index contributed by atoms with van der Waals surface area (Å²) in [5.74, 6) is -0.270. The number of likely N-dealkylation sites (N-methyl/N-ethyl adjacent to an activating group) is 2. The van der Waals surface area contributed by atoms with Crippen molar-refractivity contribution in [3.05, 3.63) is 84.8 Å². The first kappa shape index (κ1) is 28.3. The summed E-state index contributed by atoms with van der Waals surface area (Å²) in [5.41, 5.74) is 9.13. The fraction of sp³-hybridized carbons (Fsp3) is 0.212. The molecule has 3 heterocycles. The molecule has 212 valence electrons. The maximum atomic E-state index is 12.2. The number of carbonyl (C=O) groups excluding carboxylic acids is 1. The first-order valence-corrected chi connectivity index (χ1v) is 13.6. The van der Waals surface area contributed by atoms with Crippen molar-refractivity contribution in [3.8, 4) is 39.6 Å². The zero-order valence-corrected chi connectivity index (χ0v) is 24.6. The summed E-state index contributed by atoms with van der Waals surface area (Å²) in [4.78, 5) is 24.9. The third-order valence-corrected chi connectivity index (χ3v) is 7.35. The third kappa shape index (κ3) is 5.66. The average Bonchev–Trinajstić information content (AvgIpc) is 3.56. The molecule has 42 heavy (non-hydrogen) atoms. The molecule has 1 amide bonds. The van der Waals surface area contributed by atoms with E-state index in [-0.39, 0.29) is 5.91 Å². The molecule has 9 heteroatoms. The highest BCUT2D eigenvalue weighted by Crippen LogP contribution is 2.41. The number of rotatable bonds is 9. The summed E-state index contributed by atoms with van der Waals surface area (Å²) in [6.45, 7) is 7.41. The highest BCUT2D eigenvalue weighted by molar-refractivity contribution is 6.05. The molecule has 5 rings (SSSR count). The van der Waals surface area contributed by atoms with E-state index in [9.17, 15) is 10.1 Å². The van der Waals surface area contributed by atoms with E-state index < -0.39 is 0 Å². The van der Waals surface area contributed by atoms with Gasteiger partial charge in [0.15, 0.2) is 5.69 Å². The SMILES string of the molecule is C=CC(=O)Nc1cc(-c2c(-c3ccc(N(C)CCN(C)C)cc3)[nH]c3ncc(-c4cn(C)nc4C#N)cc23)ccc1C. The molecule has 0 radical (unpaired) electrons. The lowest BCUT2D eigenvalue weighted by atomic mass is 9.96. The van der Waals surface area contributed by atoms with Gasteiger partial charge in [-0.05, 0) is 68.1 Å². The quantitative estimate of drug-likeness (QED) is 0.228. The van der Waals surface area contributed by atoms with Gasteiger partial charge in [0, 0.05) is 73.0 Å². The standard InChI is InChI=1S/C33H34N8O/c1-7-30(42)36-28-17-23(9-8-21(28)2)31-26-16-24(27-20-41(6)38-29(27)18-34)19-35-33(26)37-32(31)22-10-12-25(13-11-22)40(5)15-14-39(3)4/h7-13,16-17,19-20H,1,14-15H2,2-6H3,(H,35,37)(H,36,42). The van der Waals surface area contributed by atoms with Crippen LogP contribution in [0.15, 0.2) is 73.6 Å². The number of aryl methyl sites for hydroxylation is 2. The van der Waals surface area contributed by atoms with Crippen LogP contribution in [-0.4, -0.2) is 64.8 Å². The van der Waals surface area contributed by atoms with Gasteiger partial charge in [-0.25, -0.2) is 4.98 Å². The molecule has 0 bridgehead atoms. The van der Waals surface area contributed by atoms with E-state index in [1.54, 1.807) is 17.9 Å². The number of aromatic amines is 1. The topological polar surface area (TPSA) is 106 Å². The van der Waals surface area contributed by atoms with E-state index in [0.29, 0.717) is 11.4 Å². The van der Waals surface area contributed by atoms with Crippen LogP contribution in [0.3, 0.4) is 0 Å². The predicted octanol–water partition coefficient (Wildman–Crippen LogP) is 5.60. The van der Waals surface area contributed by atoms with Crippen LogP contribution in [0, 0.1) is 18.3 Å². The smallest absolute Gasteiger partial charge is 0.247 e. The highest BCUT2D eigenvalue weighted by atomic mass is 16.1. The summed E-state index contributed by atoms with van der Waals surface area (Å²) in [6.07, 6.45) is 4.85. The van der Waals surface area contributed by atoms with Crippen molar-refractivity contribution in [3.63, 3.8) is 0 Å². The molecule has 9 nitrogen and oxygen atoms in total. The molecule has 2 N–H and O–H groups in total. The third-order valence-electron chi connectivity index (χ3n) is 7.35. The number of H-pyrrole nitrogens is 1. The monoisotopic (exact) mass is 558 g/mol. The fourth-order valence-corrected chi connectivity index (χ4v) is 4.97. The Morgan fingerprint density at radius 1 is 1.10 bits per heavy atom. The Hall–Kier alpha value is -5.20.